The molecular formula is C19H27N7O. The number of fused-ring (bicyclic) bond motifs is 1. The summed E-state index contributed by atoms with van der Waals surface area (Å²) in [5.74, 6) is 3.95. The average molecular weight is 369 g/mol. The zero-order chi connectivity index (χ0) is 18.6. The highest BCUT2D eigenvalue weighted by Gasteiger charge is 2.22. The Labute approximate surface area is 159 Å². The number of aromatic nitrogens is 3. The molecule has 3 heterocycles. The number of anilines is 1. The molecule has 0 saturated carbocycles. The molecule has 0 bridgehead atoms. The third kappa shape index (κ3) is 3.56. The smallest absolute Gasteiger partial charge is 0.194 e. The molecule has 1 N–H and O–H groups in total. The number of nitrogens with zero attached hydrogens (tertiary/aromatic N) is 6. The molecule has 0 aliphatic carbocycles. The summed E-state index contributed by atoms with van der Waals surface area (Å²) in [7, 11) is 3.56. The maximum Gasteiger partial charge on any atom is 0.194 e. The predicted molar refractivity (Wildman–Crippen MR) is 105 cm³/mol. The highest BCUT2D eigenvalue weighted by molar-refractivity contribution is 5.80. The quantitative estimate of drug-likeness (QED) is 0.644. The first-order valence-electron chi connectivity index (χ1n) is 9.54. The number of ether oxygens (including phenoxy) is 1. The van der Waals surface area contributed by atoms with Gasteiger partial charge in [0.2, 0.25) is 0 Å². The van der Waals surface area contributed by atoms with Crippen molar-refractivity contribution in [1.82, 2.24) is 25.0 Å². The summed E-state index contributed by atoms with van der Waals surface area (Å²) in [5.41, 5.74) is 1.15. The highest BCUT2D eigenvalue weighted by Crippen LogP contribution is 2.28. The molecule has 0 spiro atoms. The predicted octanol–water partition coefficient (Wildman–Crippen LogP) is 1.13. The summed E-state index contributed by atoms with van der Waals surface area (Å²) < 4.78 is 7.73. The van der Waals surface area contributed by atoms with Crippen LogP contribution in [0.5, 0.6) is 5.75 Å². The third-order valence-corrected chi connectivity index (χ3v) is 5.31. The van der Waals surface area contributed by atoms with Crippen LogP contribution in [0.3, 0.4) is 0 Å². The molecule has 1 fully saturated rings. The Balaban J connectivity index is 1.35. The molecule has 1 aromatic carbocycles. The van der Waals surface area contributed by atoms with Crippen LogP contribution in [0.2, 0.25) is 0 Å². The fraction of sp³-hybridized carbons (Fsp3) is 0.526. The lowest BCUT2D eigenvalue weighted by Crippen LogP contribution is -2.52. The van der Waals surface area contributed by atoms with Gasteiger partial charge < -0.3 is 24.4 Å². The zero-order valence-corrected chi connectivity index (χ0v) is 16.1. The Morgan fingerprint density at radius 3 is 2.74 bits per heavy atom. The van der Waals surface area contributed by atoms with Crippen LogP contribution in [-0.4, -0.2) is 66.0 Å². The number of piperazine rings is 1. The minimum atomic E-state index is 0.659. The van der Waals surface area contributed by atoms with Crippen molar-refractivity contribution in [1.29, 1.82) is 0 Å². The van der Waals surface area contributed by atoms with Gasteiger partial charge in [-0.2, -0.15) is 0 Å². The molecule has 0 atom stereocenters. The van der Waals surface area contributed by atoms with Crippen LogP contribution < -0.4 is 15.0 Å². The number of hydrogen-bond donors (Lipinski definition) is 1. The van der Waals surface area contributed by atoms with Gasteiger partial charge >= 0.3 is 0 Å². The van der Waals surface area contributed by atoms with Crippen molar-refractivity contribution in [3.05, 3.63) is 35.9 Å². The molecule has 144 valence electrons. The summed E-state index contributed by atoms with van der Waals surface area (Å²) in [6, 6.07) is 8.19. The van der Waals surface area contributed by atoms with Gasteiger partial charge in [-0.25, -0.2) is 0 Å². The Morgan fingerprint density at radius 2 is 1.96 bits per heavy atom. The first kappa shape index (κ1) is 17.6. The zero-order valence-electron chi connectivity index (χ0n) is 16.1. The van der Waals surface area contributed by atoms with Crippen LogP contribution in [0, 0.1) is 0 Å². The van der Waals surface area contributed by atoms with Crippen molar-refractivity contribution in [3.63, 3.8) is 0 Å². The molecule has 0 amide bonds. The second kappa shape index (κ2) is 7.85. The molecule has 1 saturated heterocycles. The van der Waals surface area contributed by atoms with Crippen molar-refractivity contribution in [2.45, 2.75) is 25.9 Å². The number of guanidine groups is 1. The average Bonchev–Trinajstić information content (AvgIpc) is 3.33. The first-order valence-corrected chi connectivity index (χ1v) is 9.54. The van der Waals surface area contributed by atoms with Crippen LogP contribution in [0.25, 0.3) is 0 Å². The van der Waals surface area contributed by atoms with Crippen molar-refractivity contribution >= 4 is 11.6 Å². The fourth-order valence-electron chi connectivity index (χ4n) is 3.88. The monoisotopic (exact) mass is 369 g/mol. The Morgan fingerprint density at radius 1 is 1.15 bits per heavy atom. The lowest BCUT2D eigenvalue weighted by Gasteiger charge is -2.38. The van der Waals surface area contributed by atoms with E-state index in [9.17, 15) is 0 Å². The van der Waals surface area contributed by atoms with E-state index in [1.54, 1.807) is 7.11 Å². The van der Waals surface area contributed by atoms with Crippen molar-refractivity contribution < 1.29 is 4.74 Å². The lowest BCUT2D eigenvalue weighted by atomic mass is 10.2. The SMILES string of the molecule is CN=C(NCc1nnc2n1CCC2)N1CCN(c2ccccc2OC)CC1. The van der Waals surface area contributed by atoms with E-state index >= 15 is 0 Å². The van der Waals surface area contributed by atoms with Gasteiger partial charge in [0.1, 0.15) is 11.6 Å². The molecule has 0 unspecified atom stereocenters. The van der Waals surface area contributed by atoms with Gasteiger partial charge in [-0.1, -0.05) is 12.1 Å². The molecule has 2 aliphatic rings. The Hall–Kier alpha value is -2.77. The lowest BCUT2D eigenvalue weighted by molar-refractivity contribution is 0.366. The summed E-state index contributed by atoms with van der Waals surface area (Å²) in [6.07, 6.45) is 2.20. The Bertz CT molecular complexity index is 808. The van der Waals surface area contributed by atoms with Crippen LogP contribution >= 0.6 is 0 Å². The van der Waals surface area contributed by atoms with Gasteiger partial charge in [0, 0.05) is 46.2 Å². The number of aryl methyl sites for hydroxylation is 1. The second-order valence-electron chi connectivity index (χ2n) is 6.83. The molecule has 8 heteroatoms. The number of methoxy groups -OCH3 is 1. The molecule has 0 radical (unpaired) electrons. The number of hydrogen-bond acceptors (Lipinski definition) is 5. The van der Waals surface area contributed by atoms with Gasteiger partial charge in [0.25, 0.3) is 0 Å². The number of nitrogens with one attached hydrogen (secondary N) is 1. The van der Waals surface area contributed by atoms with Crippen LogP contribution in [0.4, 0.5) is 5.69 Å². The van der Waals surface area contributed by atoms with E-state index in [0.717, 1.165) is 74.6 Å². The van der Waals surface area contributed by atoms with E-state index in [-0.39, 0.29) is 0 Å². The summed E-state index contributed by atoms with van der Waals surface area (Å²) in [5, 5.41) is 12.0. The summed E-state index contributed by atoms with van der Waals surface area (Å²) in [4.78, 5) is 9.13. The van der Waals surface area contributed by atoms with E-state index in [1.165, 1.54) is 0 Å². The van der Waals surface area contributed by atoms with Gasteiger partial charge in [-0.3, -0.25) is 4.99 Å². The molecule has 8 nitrogen and oxygen atoms in total. The fourth-order valence-corrected chi connectivity index (χ4v) is 3.88. The standard InChI is InChI=1S/C19H27N7O/c1-20-19(21-14-18-23-22-17-8-5-9-26(17)18)25-12-10-24(11-13-25)15-6-3-4-7-16(15)27-2/h3-4,6-7H,5,8-14H2,1-2H3,(H,20,21). The Kier molecular flexibility index (Phi) is 5.13. The van der Waals surface area contributed by atoms with Gasteiger partial charge in [-0.05, 0) is 18.6 Å². The maximum atomic E-state index is 5.50. The maximum absolute atomic E-state index is 5.50. The molecule has 2 aliphatic heterocycles. The number of aliphatic imine (C=N–C) groups is 1. The third-order valence-electron chi connectivity index (χ3n) is 5.31. The van der Waals surface area contributed by atoms with E-state index in [0.29, 0.717) is 6.54 Å². The highest BCUT2D eigenvalue weighted by atomic mass is 16.5. The number of para-hydroxylation sites is 2. The van der Waals surface area contributed by atoms with Crippen molar-refractivity contribution in [3.8, 4) is 5.75 Å². The molecule has 27 heavy (non-hydrogen) atoms. The summed E-state index contributed by atoms with van der Waals surface area (Å²) >= 11 is 0. The van der Waals surface area contributed by atoms with Crippen molar-refractivity contribution in [2.24, 2.45) is 4.99 Å². The van der Waals surface area contributed by atoms with Crippen LogP contribution in [0.15, 0.2) is 29.3 Å². The van der Waals surface area contributed by atoms with E-state index in [4.69, 9.17) is 4.74 Å². The molecule has 1 aromatic heterocycles. The van der Waals surface area contributed by atoms with Gasteiger partial charge in [0.15, 0.2) is 11.8 Å². The van der Waals surface area contributed by atoms with E-state index in [1.807, 2.05) is 19.2 Å². The number of benzene rings is 1. The van der Waals surface area contributed by atoms with Gasteiger partial charge in [-0.15, -0.1) is 10.2 Å². The van der Waals surface area contributed by atoms with Gasteiger partial charge in [0.05, 0.1) is 19.3 Å². The second-order valence-corrected chi connectivity index (χ2v) is 6.83. The summed E-state index contributed by atoms with van der Waals surface area (Å²) in [6.45, 7) is 5.37. The van der Waals surface area contributed by atoms with Crippen LogP contribution in [0.1, 0.15) is 18.1 Å². The normalized spacial score (nSPS) is 17.2. The van der Waals surface area contributed by atoms with E-state index < -0.39 is 0 Å². The van der Waals surface area contributed by atoms with E-state index in [2.05, 4.69) is 47.0 Å². The van der Waals surface area contributed by atoms with Crippen molar-refractivity contribution in [2.75, 3.05) is 45.2 Å². The topological polar surface area (TPSA) is 70.8 Å². The minimum Gasteiger partial charge on any atom is -0.495 e. The number of rotatable bonds is 4. The van der Waals surface area contributed by atoms with Crippen LogP contribution in [-0.2, 0) is 19.5 Å². The minimum absolute atomic E-state index is 0.659. The molecule has 2 aromatic rings. The molecular weight excluding hydrogens is 342 g/mol. The molecule has 4 rings (SSSR count). The first-order chi connectivity index (χ1) is 13.3. The largest absolute Gasteiger partial charge is 0.495 e.